The summed E-state index contributed by atoms with van der Waals surface area (Å²) in [5, 5.41) is 6.55. The summed E-state index contributed by atoms with van der Waals surface area (Å²) >= 11 is 0. The van der Waals surface area contributed by atoms with Crippen molar-refractivity contribution in [2.24, 2.45) is 5.92 Å². The zero-order chi connectivity index (χ0) is 34.6. The molecule has 5 rings (SSSR count). The second-order valence-corrected chi connectivity index (χ2v) is 12.5. The van der Waals surface area contributed by atoms with Gasteiger partial charge in [0.25, 0.3) is 16.3 Å². The third-order valence-corrected chi connectivity index (χ3v) is 8.59. The van der Waals surface area contributed by atoms with E-state index >= 15 is 0 Å². The van der Waals surface area contributed by atoms with Crippen LogP contribution in [-0.4, -0.2) is 73.0 Å². The summed E-state index contributed by atoms with van der Waals surface area (Å²) in [7, 11) is -4.36. The third-order valence-electron chi connectivity index (χ3n) is 7.26. The molecule has 1 N–H and O–H groups in total. The Hall–Kier alpha value is -5.07. The first-order valence-corrected chi connectivity index (χ1v) is 16.3. The van der Waals surface area contributed by atoms with E-state index in [0.29, 0.717) is 31.5 Å². The molecule has 1 fully saturated rings. The predicted molar refractivity (Wildman–Crippen MR) is 160 cm³/mol. The van der Waals surface area contributed by atoms with Gasteiger partial charge in [0, 0.05) is 30.5 Å². The molecular formula is C29H33F3N6O9S. The topological polar surface area (TPSA) is 161 Å². The summed E-state index contributed by atoms with van der Waals surface area (Å²) in [6.45, 7) is 6.09. The molecule has 19 heteroatoms. The normalized spacial score (nSPS) is 14.8. The number of carbonyl (C=O) groups excluding carboxylic acids is 2. The maximum absolute atomic E-state index is 13.5. The number of rotatable bonds is 11. The fourth-order valence-electron chi connectivity index (χ4n) is 4.76. The average Bonchev–Trinajstić information content (AvgIpc) is 3.63. The van der Waals surface area contributed by atoms with Crippen molar-refractivity contribution in [2.45, 2.75) is 51.0 Å². The van der Waals surface area contributed by atoms with Gasteiger partial charge in [-0.1, -0.05) is 29.8 Å². The van der Waals surface area contributed by atoms with Crippen LogP contribution in [-0.2, 0) is 30.4 Å². The number of aromatic nitrogens is 4. The van der Waals surface area contributed by atoms with Gasteiger partial charge in [0.2, 0.25) is 0 Å². The number of carbonyl (C=O) groups is 2. The number of amides is 1. The molecule has 2 aromatic heterocycles. The number of alkyl halides is 3. The van der Waals surface area contributed by atoms with Crippen LogP contribution in [0.4, 0.5) is 22.8 Å². The number of aryl methyl sites for hydroxylation is 1. The second-order valence-electron chi connectivity index (χ2n) is 10.8. The number of halogens is 3. The average molecular weight is 699 g/mol. The SMILES string of the molecule is CCOC(=O)OC(C)On1on1N1CCC(COC(=O)NS(=O)(=O)c2ccc(-n3nc(C(F)(F)F)cc3-c3ccc(C)cc3)cc2)CC1. The Kier molecular flexibility index (Phi) is 9.97. The number of piperidine rings is 1. The maximum Gasteiger partial charge on any atom is 0.511 e. The highest BCUT2D eigenvalue weighted by Gasteiger charge is 2.35. The number of sulfonamides is 1. The molecule has 1 amide bonds. The minimum absolute atomic E-state index is 0.0394. The predicted octanol–water partition coefficient (Wildman–Crippen LogP) is 4.47. The smallest absolute Gasteiger partial charge is 0.449 e. The Morgan fingerprint density at radius 2 is 1.73 bits per heavy atom. The van der Waals surface area contributed by atoms with Crippen molar-refractivity contribution < 1.29 is 54.9 Å². The summed E-state index contributed by atoms with van der Waals surface area (Å²) in [4.78, 5) is 30.1. The van der Waals surface area contributed by atoms with Gasteiger partial charge in [0.05, 0.1) is 29.5 Å². The maximum atomic E-state index is 13.5. The van der Waals surface area contributed by atoms with Crippen LogP contribution in [0, 0.1) is 12.8 Å². The molecule has 0 radical (unpaired) electrons. The van der Waals surface area contributed by atoms with Gasteiger partial charge in [-0.3, -0.25) is 5.01 Å². The lowest BCUT2D eigenvalue weighted by Crippen LogP contribution is -2.42. The lowest BCUT2D eigenvalue weighted by Gasteiger charge is -2.28. The molecule has 3 heterocycles. The quantitative estimate of drug-likeness (QED) is 0.174. The van der Waals surface area contributed by atoms with E-state index in [1.54, 1.807) is 36.2 Å². The van der Waals surface area contributed by atoms with Crippen LogP contribution >= 0.6 is 0 Å². The van der Waals surface area contributed by atoms with Crippen LogP contribution in [0.5, 0.6) is 0 Å². The van der Waals surface area contributed by atoms with Crippen molar-refractivity contribution in [3.8, 4) is 16.9 Å². The molecule has 1 aliphatic heterocycles. The Bertz CT molecular complexity index is 1800. The molecule has 1 saturated heterocycles. The highest BCUT2D eigenvalue weighted by Crippen LogP contribution is 2.33. The molecule has 1 atom stereocenters. The fourth-order valence-corrected chi connectivity index (χ4v) is 5.65. The first kappa shape index (κ1) is 34.3. The summed E-state index contributed by atoms with van der Waals surface area (Å²) in [6.07, 6.45) is -6.55. The molecule has 260 valence electrons. The van der Waals surface area contributed by atoms with Gasteiger partial charge in [-0.15, -0.1) is 0 Å². The lowest BCUT2D eigenvalue weighted by molar-refractivity contribution is -0.141. The van der Waals surface area contributed by atoms with E-state index in [-0.39, 0.29) is 35.4 Å². The molecule has 0 saturated carbocycles. The summed E-state index contributed by atoms with van der Waals surface area (Å²) < 4.78 is 89.1. The second kappa shape index (κ2) is 14.0. The molecule has 0 spiro atoms. The van der Waals surface area contributed by atoms with Gasteiger partial charge in [0.15, 0.2) is 5.69 Å². The molecule has 15 nitrogen and oxygen atoms in total. The highest BCUT2D eigenvalue weighted by atomic mass is 32.2. The van der Waals surface area contributed by atoms with Crippen LogP contribution in [0.25, 0.3) is 16.9 Å². The fraction of sp³-hybridized carbons (Fsp3) is 0.414. The van der Waals surface area contributed by atoms with E-state index in [4.69, 9.17) is 18.9 Å². The molecule has 0 aliphatic carbocycles. The van der Waals surface area contributed by atoms with Crippen molar-refractivity contribution in [1.82, 2.24) is 24.5 Å². The van der Waals surface area contributed by atoms with Gasteiger partial charge in [-0.05, 0) is 62.9 Å². The van der Waals surface area contributed by atoms with Gasteiger partial charge < -0.3 is 19.0 Å². The zero-order valence-electron chi connectivity index (χ0n) is 26.0. The van der Waals surface area contributed by atoms with Crippen LogP contribution in [0.1, 0.15) is 37.9 Å². The van der Waals surface area contributed by atoms with Gasteiger partial charge in [-0.2, -0.15) is 22.9 Å². The van der Waals surface area contributed by atoms with Crippen molar-refractivity contribution in [2.75, 3.05) is 31.3 Å². The van der Waals surface area contributed by atoms with Gasteiger partial charge in [0.1, 0.15) is 5.02 Å². The summed E-state index contributed by atoms with van der Waals surface area (Å²) in [5.74, 6) is -0.0623. The highest BCUT2D eigenvalue weighted by molar-refractivity contribution is 7.90. The number of benzene rings is 2. The minimum Gasteiger partial charge on any atom is -0.449 e. The largest absolute Gasteiger partial charge is 0.511 e. The molecule has 4 aromatic rings. The van der Waals surface area contributed by atoms with Gasteiger partial charge in [-0.25, -0.2) is 27.4 Å². The molecule has 0 bridgehead atoms. The third kappa shape index (κ3) is 8.44. The minimum atomic E-state index is -4.70. The van der Waals surface area contributed by atoms with Crippen LogP contribution < -0.4 is 14.6 Å². The van der Waals surface area contributed by atoms with E-state index in [1.807, 2.05) is 11.6 Å². The van der Waals surface area contributed by atoms with Crippen LogP contribution in [0.15, 0.2) is 64.1 Å². The van der Waals surface area contributed by atoms with E-state index in [0.717, 1.165) is 33.5 Å². The van der Waals surface area contributed by atoms with E-state index in [9.17, 15) is 31.2 Å². The van der Waals surface area contributed by atoms with Crippen molar-refractivity contribution in [3.05, 3.63) is 65.9 Å². The molecule has 1 unspecified atom stereocenters. The summed E-state index contributed by atoms with van der Waals surface area (Å²) in [5.41, 5.74) is 0.636. The van der Waals surface area contributed by atoms with E-state index < -0.39 is 40.4 Å². The van der Waals surface area contributed by atoms with Gasteiger partial charge >= 0.3 is 18.4 Å². The van der Waals surface area contributed by atoms with Crippen molar-refractivity contribution in [3.63, 3.8) is 0 Å². The Morgan fingerprint density at radius 1 is 1.06 bits per heavy atom. The Balaban J connectivity index is 1.12. The van der Waals surface area contributed by atoms with E-state index in [2.05, 4.69) is 9.84 Å². The van der Waals surface area contributed by atoms with E-state index in [1.165, 1.54) is 24.0 Å². The molecule has 1 aliphatic rings. The van der Waals surface area contributed by atoms with Crippen LogP contribution in [0.3, 0.4) is 0 Å². The number of ether oxygens (including phenoxy) is 3. The number of hydrogen-bond acceptors (Lipinski definition) is 11. The first-order valence-electron chi connectivity index (χ1n) is 14.8. The number of hydrogen-bond donors (Lipinski definition) is 1. The van der Waals surface area contributed by atoms with Crippen molar-refractivity contribution >= 4 is 22.3 Å². The Morgan fingerprint density at radius 3 is 2.35 bits per heavy atom. The lowest BCUT2D eigenvalue weighted by atomic mass is 9.99. The molecule has 48 heavy (non-hydrogen) atoms. The molecular weight excluding hydrogens is 665 g/mol. The molecule has 2 aromatic carbocycles. The zero-order valence-corrected chi connectivity index (χ0v) is 26.9. The van der Waals surface area contributed by atoms with Crippen molar-refractivity contribution in [1.29, 1.82) is 0 Å². The monoisotopic (exact) mass is 698 g/mol. The first-order chi connectivity index (χ1) is 22.7. The number of nitrogens with zero attached hydrogens (tertiary/aromatic N) is 5. The standard InChI is InChI=1S/C29H33F3N6O9S/c1-4-43-28(40)45-20(3)46-38-37(47-38)35-15-13-21(14-16-35)18-44-27(39)34-48(41,42)24-11-9-23(10-12-24)36-25(17-26(33-36)29(30,31)32)22-7-5-19(2)6-8-22/h5-12,17,20-21H,4,13-16,18H2,1-3H3,(H,34,39). The Labute approximate surface area is 272 Å². The number of nitrogens with one attached hydrogen (secondary N) is 1. The summed E-state index contributed by atoms with van der Waals surface area (Å²) in [6, 6.07) is 12.6. The van der Waals surface area contributed by atoms with Crippen LogP contribution in [0.2, 0.25) is 0 Å².